The average Bonchev–Trinajstić information content (AvgIpc) is 3.12. The Bertz CT molecular complexity index is 1040. The fourth-order valence-electron chi connectivity index (χ4n) is 3.08. The molecular weight excluding hydrogens is 318 g/mol. The lowest BCUT2D eigenvalue weighted by molar-refractivity contribution is 0.0601. The molecule has 0 atom stereocenters. The Hall–Kier alpha value is -3.52. The van der Waals surface area contributed by atoms with Crippen molar-refractivity contribution in [2.24, 2.45) is 0 Å². The summed E-state index contributed by atoms with van der Waals surface area (Å²) in [6.07, 6.45) is 0. The second-order valence-electron chi connectivity index (χ2n) is 5.57. The zero-order chi connectivity index (χ0) is 17.4. The molecule has 5 heteroatoms. The third-order valence-electron chi connectivity index (χ3n) is 4.21. The van der Waals surface area contributed by atoms with E-state index in [4.69, 9.17) is 14.2 Å². The highest BCUT2D eigenvalue weighted by Crippen LogP contribution is 2.41. The molecule has 5 nitrogen and oxygen atoms in total. The van der Waals surface area contributed by atoms with E-state index >= 15 is 0 Å². The number of benzene rings is 3. The summed E-state index contributed by atoms with van der Waals surface area (Å²) in [5, 5.41) is 11.3. The van der Waals surface area contributed by atoms with E-state index in [0.717, 1.165) is 10.9 Å². The van der Waals surface area contributed by atoms with Gasteiger partial charge in [-0.05, 0) is 29.1 Å². The van der Waals surface area contributed by atoms with E-state index in [9.17, 15) is 10.1 Å². The minimum atomic E-state index is -0.491. The Morgan fingerprint density at radius 3 is 2.52 bits per heavy atom. The topological polar surface area (TPSA) is 68.6 Å². The Morgan fingerprint density at radius 2 is 1.84 bits per heavy atom. The molecule has 0 N–H and O–H groups in total. The normalized spacial score (nSPS) is 12.0. The fourth-order valence-corrected chi connectivity index (χ4v) is 3.08. The molecule has 0 saturated carbocycles. The van der Waals surface area contributed by atoms with Gasteiger partial charge in [-0.15, -0.1) is 0 Å². The maximum atomic E-state index is 12.4. The van der Waals surface area contributed by atoms with Gasteiger partial charge in [-0.25, -0.2) is 4.79 Å². The first kappa shape index (κ1) is 15.0. The highest BCUT2D eigenvalue weighted by atomic mass is 16.7. The fraction of sp³-hybridized carbons (Fsp3) is 0.100. The predicted molar refractivity (Wildman–Crippen MR) is 91.6 cm³/mol. The van der Waals surface area contributed by atoms with Crippen LogP contribution in [0.1, 0.15) is 15.9 Å². The largest absolute Gasteiger partial charge is 0.465 e. The van der Waals surface area contributed by atoms with Gasteiger partial charge in [-0.2, -0.15) is 5.26 Å². The number of hydrogen-bond donors (Lipinski definition) is 0. The zero-order valence-corrected chi connectivity index (χ0v) is 13.4. The van der Waals surface area contributed by atoms with Gasteiger partial charge >= 0.3 is 5.97 Å². The molecule has 3 aromatic rings. The second-order valence-corrected chi connectivity index (χ2v) is 5.57. The van der Waals surface area contributed by atoms with Crippen molar-refractivity contribution in [3.8, 4) is 28.7 Å². The number of methoxy groups -OCH3 is 1. The lowest BCUT2D eigenvalue weighted by atomic mass is 9.90. The number of hydrogen-bond acceptors (Lipinski definition) is 5. The minimum absolute atomic E-state index is 0.142. The van der Waals surface area contributed by atoms with Crippen LogP contribution >= 0.6 is 0 Å². The van der Waals surface area contributed by atoms with Crippen molar-refractivity contribution in [1.29, 1.82) is 5.26 Å². The number of ether oxygens (including phenoxy) is 3. The number of carbonyl (C=O) groups is 1. The minimum Gasteiger partial charge on any atom is -0.465 e. The highest BCUT2D eigenvalue weighted by Gasteiger charge is 2.23. The SMILES string of the molecule is COC(=O)c1cc2cc3c(cc2c(C#N)c1-c1ccccc1)OCO3. The summed E-state index contributed by atoms with van der Waals surface area (Å²) in [6.45, 7) is 0.142. The molecule has 0 amide bonds. The van der Waals surface area contributed by atoms with E-state index in [0.29, 0.717) is 33.6 Å². The van der Waals surface area contributed by atoms with Crippen molar-refractivity contribution in [3.05, 3.63) is 59.7 Å². The summed E-state index contributed by atoms with van der Waals surface area (Å²) in [5.74, 6) is 0.698. The van der Waals surface area contributed by atoms with Crippen LogP contribution in [-0.2, 0) is 4.74 Å². The molecule has 0 aromatic heterocycles. The van der Waals surface area contributed by atoms with Gasteiger partial charge in [0.25, 0.3) is 0 Å². The van der Waals surface area contributed by atoms with Crippen molar-refractivity contribution < 1.29 is 19.0 Å². The van der Waals surface area contributed by atoms with E-state index in [1.54, 1.807) is 18.2 Å². The average molecular weight is 331 g/mol. The first-order chi connectivity index (χ1) is 12.2. The Balaban J connectivity index is 2.12. The molecule has 122 valence electrons. The van der Waals surface area contributed by atoms with Gasteiger partial charge in [0.1, 0.15) is 6.07 Å². The van der Waals surface area contributed by atoms with Gasteiger partial charge in [0, 0.05) is 10.9 Å². The van der Waals surface area contributed by atoms with Gasteiger partial charge in [0.2, 0.25) is 6.79 Å². The third-order valence-corrected chi connectivity index (χ3v) is 4.21. The maximum Gasteiger partial charge on any atom is 0.338 e. The van der Waals surface area contributed by atoms with E-state index in [1.807, 2.05) is 30.3 Å². The lowest BCUT2D eigenvalue weighted by Crippen LogP contribution is -2.06. The van der Waals surface area contributed by atoms with Gasteiger partial charge in [-0.1, -0.05) is 30.3 Å². The third kappa shape index (κ3) is 2.36. The molecule has 4 rings (SSSR count). The van der Waals surface area contributed by atoms with Crippen LogP contribution in [0.4, 0.5) is 0 Å². The van der Waals surface area contributed by atoms with E-state index in [-0.39, 0.29) is 6.79 Å². The van der Waals surface area contributed by atoms with Crippen molar-refractivity contribution in [2.45, 2.75) is 0 Å². The summed E-state index contributed by atoms with van der Waals surface area (Å²) >= 11 is 0. The van der Waals surface area contributed by atoms with Gasteiger partial charge in [-0.3, -0.25) is 0 Å². The maximum absolute atomic E-state index is 12.4. The van der Waals surface area contributed by atoms with Crippen LogP contribution in [-0.4, -0.2) is 19.9 Å². The first-order valence-corrected chi connectivity index (χ1v) is 7.67. The molecule has 0 fully saturated rings. The molecule has 0 radical (unpaired) electrons. The highest BCUT2D eigenvalue weighted by molar-refractivity contribution is 6.07. The Labute approximate surface area is 144 Å². The molecule has 0 aliphatic carbocycles. The van der Waals surface area contributed by atoms with Crippen LogP contribution in [0.3, 0.4) is 0 Å². The summed E-state index contributed by atoms with van der Waals surface area (Å²) in [5.41, 5.74) is 2.08. The molecule has 3 aromatic carbocycles. The molecule has 1 aliphatic heterocycles. The first-order valence-electron chi connectivity index (χ1n) is 7.67. The van der Waals surface area contributed by atoms with Crippen LogP contribution < -0.4 is 9.47 Å². The molecule has 0 unspecified atom stereocenters. The quantitative estimate of drug-likeness (QED) is 0.666. The number of fused-ring (bicyclic) bond motifs is 2. The van der Waals surface area contributed by atoms with Crippen molar-refractivity contribution in [2.75, 3.05) is 13.9 Å². The van der Waals surface area contributed by atoms with Crippen molar-refractivity contribution in [1.82, 2.24) is 0 Å². The van der Waals surface area contributed by atoms with Crippen LogP contribution in [0.15, 0.2) is 48.5 Å². The molecular formula is C20H13NO4. The summed E-state index contributed by atoms with van der Waals surface area (Å²) in [6, 6.07) is 16.9. The molecule has 0 spiro atoms. The Morgan fingerprint density at radius 1 is 1.12 bits per heavy atom. The number of nitrogens with zero attached hydrogens (tertiary/aromatic N) is 1. The number of nitriles is 1. The van der Waals surface area contributed by atoms with Crippen LogP contribution in [0.5, 0.6) is 11.5 Å². The van der Waals surface area contributed by atoms with E-state index in [1.165, 1.54) is 7.11 Å². The molecule has 1 heterocycles. The smallest absolute Gasteiger partial charge is 0.338 e. The predicted octanol–water partition coefficient (Wildman–Crippen LogP) is 3.89. The monoisotopic (exact) mass is 331 g/mol. The van der Waals surface area contributed by atoms with Crippen molar-refractivity contribution in [3.63, 3.8) is 0 Å². The second kappa shape index (κ2) is 5.84. The molecule has 1 aliphatic rings. The van der Waals surface area contributed by atoms with E-state index in [2.05, 4.69) is 6.07 Å². The summed E-state index contributed by atoms with van der Waals surface area (Å²) < 4.78 is 15.8. The van der Waals surface area contributed by atoms with Gasteiger partial charge in [0.15, 0.2) is 11.5 Å². The van der Waals surface area contributed by atoms with Gasteiger partial charge < -0.3 is 14.2 Å². The lowest BCUT2D eigenvalue weighted by Gasteiger charge is -2.14. The van der Waals surface area contributed by atoms with Crippen molar-refractivity contribution >= 4 is 16.7 Å². The summed E-state index contributed by atoms with van der Waals surface area (Å²) in [4.78, 5) is 12.4. The van der Waals surface area contributed by atoms with E-state index < -0.39 is 5.97 Å². The zero-order valence-electron chi connectivity index (χ0n) is 13.4. The van der Waals surface area contributed by atoms with Crippen LogP contribution in [0.25, 0.3) is 21.9 Å². The molecule has 25 heavy (non-hydrogen) atoms. The number of carbonyl (C=O) groups excluding carboxylic acids is 1. The van der Waals surface area contributed by atoms with Crippen LogP contribution in [0.2, 0.25) is 0 Å². The molecule has 0 saturated heterocycles. The number of rotatable bonds is 2. The Kier molecular flexibility index (Phi) is 3.51. The molecule has 0 bridgehead atoms. The summed E-state index contributed by atoms with van der Waals surface area (Å²) in [7, 11) is 1.33. The number of esters is 1. The standard InChI is InChI=1S/C20H13NO4/c1-23-20(22)15-7-13-8-17-18(25-11-24-17)9-14(13)16(10-21)19(15)12-5-3-2-4-6-12/h2-9H,11H2,1H3. The van der Waals surface area contributed by atoms with Crippen LogP contribution in [0, 0.1) is 11.3 Å². The van der Waals surface area contributed by atoms with Gasteiger partial charge in [0.05, 0.1) is 18.2 Å².